The standard InChI is InChI=1S/C19H20N2O4/c1-11-6-15(25-20-11)8-14-9-21(10-17(14)22)19(23)16-5-3-4-13-7-12(2)24-18(13)16/h3-7,14,17,22H,8-10H2,1-2H3/t14-,17+/m1/s1. The van der Waals surface area contributed by atoms with Gasteiger partial charge in [0.25, 0.3) is 5.91 Å². The van der Waals surface area contributed by atoms with Gasteiger partial charge >= 0.3 is 0 Å². The van der Waals surface area contributed by atoms with E-state index in [2.05, 4.69) is 5.16 Å². The van der Waals surface area contributed by atoms with Gasteiger partial charge < -0.3 is 18.9 Å². The van der Waals surface area contributed by atoms with E-state index >= 15 is 0 Å². The van der Waals surface area contributed by atoms with Crippen molar-refractivity contribution in [3.05, 3.63) is 53.1 Å². The fourth-order valence-corrected chi connectivity index (χ4v) is 3.52. The van der Waals surface area contributed by atoms with Crippen LogP contribution in [0.5, 0.6) is 0 Å². The quantitative estimate of drug-likeness (QED) is 0.793. The summed E-state index contributed by atoms with van der Waals surface area (Å²) >= 11 is 0. The van der Waals surface area contributed by atoms with E-state index in [1.54, 1.807) is 11.0 Å². The molecule has 1 saturated heterocycles. The average Bonchev–Trinajstić information content (AvgIpc) is 3.25. The van der Waals surface area contributed by atoms with Gasteiger partial charge in [0.15, 0.2) is 0 Å². The fourth-order valence-electron chi connectivity index (χ4n) is 3.52. The molecule has 3 heterocycles. The number of para-hydroxylation sites is 1. The van der Waals surface area contributed by atoms with Crippen molar-refractivity contribution in [2.75, 3.05) is 13.1 Å². The molecule has 25 heavy (non-hydrogen) atoms. The SMILES string of the molecule is Cc1cc(C[C@@H]2CN(C(=O)c3cccc4cc(C)oc34)C[C@@H]2O)on1. The van der Waals surface area contributed by atoms with Gasteiger partial charge in [-0.3, -0.25) is 4.79 Å². The molecule has 1 amide bonds. The summed E-state index contributed by atoms with van der Waals surface area (Å²) in [6, 6.07) is 9.33. The van der Waals surface area contributed by atoms with Crippen molar-refractivity contribution in [2.45, 2.75) is 26.4 Å². The summed E-state index contributed by atoms with van der Waals surface area (Å²) < 4.78 is 10.9. The molecule has 1 aliphatic heterocycles. The van der Waals surface area contributed by atoms with Crippen LogP contribution in [-0.2, 0) is 6.42 Å². The molecule has 6 nitrogen and oxygen atoms in total. The highest BCUT2D eigenvalue weighted by atomic mass is 16.5. The third-order valence-corrected chi connectivity index (χ3v) is 4.73. The van der Waals surface area contributed by atoms with Gasteiger partial charge in [-0.1, -0.05) is 17.3 Å². The molecule has 0 saturated carbocycles. The maximum atomic E-state index is 12.9. The summed E-state index contributed by atoms with van der Waals surface area (Å²) in [5.74, 6) is 1.33. The van der Waals surface area contributed by atoms with Gasteiger partial charge in [-0.15, -0.1) is 0 Å². The number of nitrogens with zero attached hydrogens (tertiary/aromatic N) is 2. The number of aromatic nitrogens is 1. The molecule has 1 aliphatic rings. The molecule has 1 aromatic carbocycles. The predicted molar refractivity (Wildman–Crippen MR) is 91.3 cm³/mol. The summed E-state index contributed by atoms with van der Waals surface area (Å²) in [6.07, 6.45) is -0.0116. The molecule has 2 aromatic heterocycles. The van der Waals surface area contributed by atoms with Gasteiger partial charge in [0.05, 0.1) is 17.4 Å². The monoisotopic (exact) mass is 340 g/mol. The van der Waals surface area contributed by atoms with E-state index < -0.39 is 6.10 Å². The Morgan fingerprint density at radius 1 is 1.32 bits per heavy atom. The molecule has 0 bridgehead atoms. The smallest absolute Gasteiger partial charge is 0.257 e. The molecule has 4 rings (SSSR count). The van der Waals surface area contributed by atoms with Gasteiger partial charge in [0.2, 0.25) is 0 Å². The second-order valence-electron chi connectivity index (χ2n) is 6.76. The highest BCUT2D eigenvalue weighted by Gasteiger charge is 2.35. The molecular formula is C19H20N2O4. The van der Waals surface area contributed by atoms with Crippen LogP contribution >= 0.6 is 0 Å². The molecule has 0 aliphatic carbocycles. The summed E-state index contributed by atoms with van der Waals surface area (Å²) in [4.78, 5) is 14.6. The number of carbonyl (C=O) groups is 1. The summed E-state index contributed by atoms with van der Waals surface area (Å²) in [7, 11) is 0. The number of hydrogen-bond acceptors (Lipinski definition) is 5. The lowest BCUT2D eigenvalue weighted by molar-refractivity contribution is 0.0765. The normalized spacial score (nSPS) is 20.5. The molecule has 6 heteroatoms. The van der Waals surface area contributed by atoms with Crippen LogP contribution in [0, 0.1) is 19.8 Å². The summed E-state index contributed by atoms with van der Waals surface area (Å²) in [5, 5.41) is 15.1. The Morgan fingerprint density at radius 3 is 2.92 bits per heavy atom. The van der Waals surface area contributed by atoms with E-state index in [0.29, 0.717) is 30.7 Å². The van der Waals surface area contributed by atoms with Crippen LogP contribution < -0.4 is 0 Å². The summed E-state index contributed by atoms with van der Waals surface area (Å²) in [6.45, 7) is 4.52. The van der Waals surface area contributed by atoms with Crippen molar-refractivity contribution in [2.24, 2.45) is 5.92 Å². The van der Waals surface area contributed by atoms with E-state index in [4.69, 9.17) is 8.94 Å². The number of furan rings is 1. The van der Waals surface area contributed by atoms with E-state index in [9.17, 15) is 9.90 Å². The average molecular weight is 340 g/mol. The molecule has 0 radical (unpaired) electrons. The minimum Gasteiger partial charge on any atom is -0.461 e. The molecule has 1 fully saturated rings. The maximum Gasteiger partial charge on any atom is 0.257 e. The number of benzene rings is 1. The Morgan fingerprint density at radius 2 is 2.16 bits per heavy atom. The lowest BCUT2D eigenvalue weighted by Crippen LogP contribution is -2.29. The first kappa shape index (κ1) is 15.9. The fraction of sp³-hybridized carbons (Fsp3) is 0.368. The number of rotatable bonds is 3. The third-order valence-electron chi connectivity index (χ3n) is 4.73. The zero-order valence-electron chi connectivity index (χ0n) is 14.2. The first-order chi connectivity index (χ1) is 12.0. The Labute approximate surface area is 145 Å². The number of aliphatic hydroxyl groups excluding tert-OH is 1. The number of aliphatic hydroxyl groups is 1. The van der Waals surface area contributed by atoms with Crippen molar-refractivity contribution >= 4 is 16.9 Å². The van der Waals surface area contributed by atoms with Crippen LogP contribution in [0.25, 0.3) is 11.0 Å². The number of amides is 1. The van der Waals surface area contributed by atoms with Crippen LogP contribution in [0.2, 0.25) is 0 Å². The van der Waals surface area contributed by atoms with Crippen molar-refractivity contribution < 1.29 is 18.8 Å². The van der Waals surface area contributed by atoms with Crippen molar-refractivity contribution in [3.8, 4) is 0 Å². The van der Waals surface area contributed by atoms with Crippen molar-refractivity contribution in [3.63, 3.8) is 0 Å². The van der Waals surface area contributed by atoms with Gasteiger partial charge in [0, 0.05) is 36.9 Å². The van der Waals surface area contributed by atoms with Crippen LogP contribution in [-0.4, -0.2) is 40.3 Å². The Balaban J connectivity index is 1.54. The van der Waals surface area contributed by atoms with Gasteiger partial charge in [-0.2, -0.15) is 0 Å². The second kappa shape index (κ2) is 6.04. The molecule has 0 unspecified atom stereocenters. The maximum absolute atomic E-state index is 12.9. The lowest BCUT2D eigenvalue weighted by Gasteiger charge is -2.16. The highest BCUT2D eigenvalue weighted by molar-refractivity contribution is 6.05. The number of fused-ring (bicyclic) bond motifs is 1. The van der Waals surface area contributed by atoms with Crippen LogP contribution in [0.4, 0.5) is 0 Å². The van der Waals surface area contributed by atoms with E-state index in [0.717, 1.165) is 22.6 Å². The number of hydrogen-bond donors (Lipinski definition) is 1. The van der Waals surface area contributed by atoms with Crippen LogP contribution in [0.3, 0.4) is 0 Å². The Bertz CT molecular complexity index is 927. The number of β-amino-alcohol motifs (C(OH)–C–C–N with tert-alkyl or cyclic N) is 1. The largest absolute Gasteiger partial charge is 0.461 e. The number of likely N-dealkylation sites (tertiary alicyclic amines) is 1. The van der Waals surface area contributed by atoms with Crippen molar-refractivity contribution in [1.29, 1.82) is 0 Å². The minimum atomic E-state index is -0.577. The number of carbonyl (C=O) groups excluding carboxylic acids is 1. The Kier molecular flexibility index (Phi) is 3.84. The van der Waals surface area contributed by atoms with Gasteiger partial charge in [-0.05, 0) is 26.0 Å². The topological polar surface area (TPSA) is 79.7 Å². The molecule has 2 atom stereocenters. The zero-order chi connectivity index (χ0) is 17.6. The molecule has 130 valence electrons. The first-order valence-electron chi connectivity index (χ1n) is 8.40. The van der Waals surface area contributed by atoms with E-state index in [-0.39, 0.29) is 11.8 Å². The molecule has 3 aromatic rings. The van der Waals surface area contributed by atoms with Crippen LogP contribution in [0.1, 0.15) is 27.6 Å². The van der Waals surface area contributed by atoms with Gasteiger partial charge in [0.1, 0.15) is 17.1 Å². The lowest BCUT2D eigenvalue weighted by atomic mass is 10.0. The van der Waals surface area contributed by atoms with Gasteiger partial charge in [-0.25, -0.2) is 0 Å². The summed E-state index contributed by atoms with van der Waals surface area (Å²) in [5.41, 5.74) is 1.96. The first-order valence-corrected chi connectivity index (χ1v) is 8.40. The predicted octanol–water partition coefficient (Wildman–Crippen LogP) is 2.71. The molecule has 1 N–H and O–H groups in total. The molecule has 0 spiro atoms. The van der Waals surface area contributed by atoms with E-state index in [1.807, 2.05) is 38.1 Å². The van der Waals surface area contributed by atoms with E-state index in [1.165, 1.54) is 0 Å². The molecular weight excluding hydrogens is 320 g/mol. The zero-order valence-corrected chi connectivity index (χ0v) is 14.2. The Hall–Kier alpha value is -2.60. The second-order valence-corrected chi connectivity index (χ2v) is 6.76. The van der Waals surface area contributed by atoms with Crippen molar-refractivity contribution in [1.82, 2.24) is 10.1 Å². The highest BCUT2D eigenvalue weighted by Crippen LogP contribution is 2.27. The third kappa shape index (κ3) is 2.93. The minimum absolute atomic E-state index is 0.0613. The van der Waals surface area contributed by atoms with Crippen LogP contribution in [0.15, 0.2) is 39.3 Å². The number of aryl methyl sites for hydroxylation is 2.